The SMILES string of the molecule is COc1ccc(C(c2ccccc2)(c2ccc(OC)cc2)C(O)[C@H]2O[C@@H](n3ccc(NCCCN)nc3=O)C[C@@H]2O)cc1. The predicted octanol–water partition coefficient (Wildman–Crippen LogP) is 3.07. The van der Waals surface area contributed by atoms with Crippen molar-refractivity contribution in [2.75, 3.05) is 32.6 Å². The van der Waals surface area contributed by atoms with Gasteiger partial charge in [0, 0.05) is 19.2 Å². The molecule has 0 saturated carbocycles. The van der Waals surface area contributed by atoms with E-state index in [0.29, 0.717) is 30.4 Å². The highest BCUT2D eigenvalue weighted by atomic mass is 16.5. The van der Waals surface area contributed by atoms with E-state index in [1.807, 2.05) is 78.9 Å². The molecular formula is C33H38N4O6. The van der Waals surface area contributed by atoms with Gasteiger partial charge in [-0.25, -0.2) is 4.79 Å². The summed E-state index contributed by atoms with van der Waals surface area (Å²) in [5, 5.41) is 26.9. The number of hydrogen-bond acceptors (Lipinski definition) is 9. The molecule has 5 N–H and O–H groups in total. The number of nitrogens with two attached hydrogens (primary N) is 1. The Hall–Kier alpha value is -4.22. The van der Waals surface area contributed by atoms with Crippen molar-refractivity contribution in [2.45, 2.75) is 42.8 Å². The number of aliphatic hydroxyl groups is 2. The topological polar surface area (TPSA) is 141 Å². The molecule has 10 nitrogen and oxygen atoms in total. The molecule has 1 fully saturated rings. The van der Waals surface area contributed by atoms with Gasteiger partial charge >= 0.3 is 5.69 Å². The van der Waals surface area contributed by atoms with Crippen LogP contribution < -0.4 is 26.2 Å². The first-order chi connectivity index (χ1) is 20.9. The molecule has 1 aliphatic heterocycles. The van der Waals surface area contributed by atoms with Gasteiger partial charge in [0.2, 0.25) is 0 Å². The van der Waals surface area contributed by atoms with E-state index in [2.05, 4.69) is 10.3 Å². The maximum absolute atomic E-state index is 13.0. The van der Waals surface area contributed by atoms with Crippen LogP contribution in [0, 0.1) is 0 Å². The Balaban J connectivity index is 1.57. The average Bonchev–Trinajstić information content (AvgIpc) is 3.43. The van der Waals surface area contributed by atoms with E-state index >= 15 is 0 Å². The number of aliphatic hydroxyl groups excluding tert-OH is 2. The van der Waals surface area contributed by atoms with Crippen molar-refractivity contribution in [3.05, 3.63) is 118 Å². The normalized spacial score (nSPS) is 19.1. The molecule has 4 aromatic rings. The summed E-state index contributed by atoms with van der Waals surface area (Å²) in [6.45, 7) is 1.12. The molecule has 2 heterocycles. The Kier molecular flexibility index (Phi) is 9.42. The summed E-state index contributed by atoms with van der Waals surface area (Å²) in [4.78, 5) is 17.1. The average molecular weight is 587 g/mol. The van der Waals surface area contributed by atoms with Gasteiger partial charge in [0.15, 0.2) is 0 Å². The largest absolute Gasteiger partial charge is 0.497 e. The number of rotatable bonds is 12. The van der Waals surface area contributed by atoms with E-state index in [9.17, 15) is 15.0 Å². The van der Waals surface area contributed by atoms with Gasteiger partial charge in [-0.1, -0.05) is 54.6 Å². The second kappa shape index (κ2) is 13.4. The predicted molar refractivity (Wildman–Crippen MR) is 164 cm³/mol. The fourth-order valence-electron chi connectivity index (χ4n) is 5.85. The molecule has 0 aliphatic carbocycles. The van der Waals surface area contributed by atoms with Crippen LogP contribution in [0.15, 0.2) is 95.9 Å². The maximum atomic E-state index is 13.0. The molecule has 1 aromatic heterocycles. The highest BCUT2D eigenvalue weighted by Gasteiger charge is 2.52. The van der Waals surface area contributed by atoms with Gasteiger partial charge in [0.25, 0.3) is 0 Å². The third kappa shape index (κ3) is 6.00. The Morgan fingerprint density at radius 2 is 1.56 bits per heavy atom. The quantitative estimate of drug-likeness (QED) is 0.146. The Morgan fingerprint density at radius 3 is 2.09 bits per heavy atom. The van der Waals surface area contributed by atoms with Gasteiger partial charge in [0.1, 0.15) is 35.8 Å². The van der Waals surface area contributed by atoms with Crippen molar-refractivity contribution >= 4 is 5.82 Å². The summed E-state index contributed by atoms with van der Waals surface area (Å²) in [7, 11) is 3.19. The molecule has 226 valence electrons. The summed E-state index contributed by atoms with van der Waals surface area (Å²) in [5.74, 6) is 1.77. The van der Waals surface area contributed by atoms with E-state index < -0.39 is 35.6 Å². The molecule has 4 atom stereocenters. The van der Waals surface area contributed by atoms with E-state index in [1.165, 1.54) is 4.57 Å². The molecule has 1 aliphatic rings. The van der Waals surface area contributed by atoms with Crippen LogP contribution in [0.25, 0.3) is 0 Å². The minimum atomic E-state index is -1.28. The molecule has 1 unspecified atom stereocenters. The smallest absolute Gasteiger partial charge is 0.351 e. The summed E-state index contributed by atoms with van der Waals surface area (Å²) in [5.41, 5.74) is 6.17. The molecular weight excluding hydrogens is 548 g/mol. The molecule has 1 saturated heterocycles. The summed E-state index contributed by atoms with van der Waals surface area (Å²) >= 11 is 0. The van der Waals surface area contributed by atoms with Gasteiger partial charge in [-0.2, -0.15) is 4.98 Å². The van der Waals surface area contributed by atoms with Crippen molar-refractivity contribution in [3.63, 3.8) is 0 Å². The van der Waals surface area contributed by atoms with Gasteiger partial charge in [-0.05, 0) is 60.0 Å². The third-order valence-electron chi connectivity index (χ3n) is 8.04. The Bertz CT molecular complexity index is 1480. The number of anilines is 1. The summed E-state index contributed by atoms with van der Waals surface area (Å²) in [6, 6.07) is 26.3. The lowest BCUT2D eigenvalue weighted by Gasteiger charge is -2.43. The second-order valence-electron chi connectivity index (χ2n) is 10.5. The maximum Gasteiger partial charge on any atom is 0.351 e. The number of methoxy groups -OCH3 is 2. The second-order valence-corrected chi connectivity index (χ2v) is 10.5. The monoisotopic (exact) mass is 586 g/mol. The van der Waals surface area contributed by atoms with Crippen LogP contribution in [-0.4, -0.2) is 65.4 Å². The summed E-state index contributed by atoms with van der Waals surface area (Å²) < 4.78 is 18.5. The highest BCUT2D eigenvalue weighted by molar-refractivity contribution is 5.54. The molecule has 0 spiro atoms. The Labute approximate surface area is 250 Å². The fourth-order valence-corrected chi connectivity index (χ4v) is 5.85. The molecule has 5 rings (SSSR count). The van der Waals surface area contributed by atoms with Crippen molar-refractivity contribution in [1.29, 1.82) is 0 Å². The van der Waals surface area contributed by atoms with Crippen LogP contribution in [0.4, 0.5) is 5.82 Å². The number of ether oxygens (including phenoxy) is 3. The molecule has 0 amide bonds. The van der Waals surface area contributed by atoms with Crippen LogP contribution in [0.3, 0.4) is 0 Å². The number of benzene rings is 3. The Morgan fingerprint density at radius 1 is 0.977 bits per heavy atom. The standard InChI is InChI=1S/C33H38N4O6/c1-41-25-13-9-23(10-14-25)33(22-7-4-3-5-8-22,24-11-15-26(42-2)16-12-24)31(39)30-27(38)21-29(43-30)37-20-17-28(36-32(37)40)35-19-6-18-34/h3-5,7-17,20,27,29-31,38-39H,6,18-19,21,34H2,1-2H3,(H,35,36,40)/t27-,29+,30-,31?/m0/s1. The van der Waals surface area contributed by atoms with Crippen molar-refractivity contribution < 1.29 is 24.4 Å². The first-order valence-electron chi connectivity index (χ1n) is 14.3. The molecule has 0 bridgehead atoms. The number of aromatic nitrogens is 2. The molecule has 10 heteroatoms. The fraction of sp³-hybridized carbons (Fsp3) is 0.333. The van der Waals surface area contributed by atoms with E-state index in [1.54, 1.807) is 26.5 Å². The van der Waals surface area contributed by atoms with Gasteiger partial charge < -0.3 is 35.5 Å². The zero-order chi connectivity index (χ0) is 30.4. The van der Waals surface area contributed by atoms with Crippen LogP contribution in [0.2, 0.25) is 0 Å². The van der Waals surface area contributed by atoms with E-state index in [0.717, 1.165) is 23.1 Å². The first kappa shape index (κ1) is 30.2. The van der Waals surface area contributed by atoms with Gasteiger partial charge in [-0.3, -0.25) is 4.57 Å². The van der Waals surface area contributed by atoms with Crippen LogP contribution in [0.1, 0.15) is 35.8 Å². The number of nitrogens with zero attached hydrogens (tertiary/aromatic N) is 2. The highest BCUT2D eigenvalue weighted by Crippen LogP contribution is 2.47. The van der Waals surface area contributed by atoms with Gasteiger partial charge in [-0.15, -0.1) is 0 Å². The van der Waals surface area contributed by atoms with E-state index in [-0.39, 0.29) is 6.42 Å². The number of nitrogens with one attached hydrogen (secondary N) is 1. The lowest BCUT2D eigenvalue weighted by molar-refractivity contribution is -0.0976. The lowest BCUT2D eigenvalue weighted by Crippen LogP contribution is -2.51. The zero-order valence-electron chi connectivity index (χ0n) is 24.3. The third-order valence-corrected chi connectivity index (χ3v) is 8.04. The van der Waals surface area contributed by atoms with Crippen LogP contribution in [-0.2, 0) is 10.2 Å². The van der Waals surface area contributed by atoms with Crippen molar-refractivity contribution in [1.82, 2.24) is 9.55 Å². The van der Waals surface area contributed by atoms with Crippen LogP contribution >= 0.6 is 0 Å². The van der Waals surface area contributed by atoms with Crippen molar-refractivity contribution in [2.24, 2.45) is 5.73 Å². The molecule has 3 aromatic carbocycles. The molecule has 43 heavy (non-hydrogen) atoms. The van der Waals surface area contributed by atoms with Crippen molar-refractivity contribution in [3.8, 4) is 11.5 Å². The minimum absolute atomic E-state index is 0.0966. The van der Waals surface area contributed by atoms with Crippen LogP contribution in [0.5, 0.6) is 11.5 Å². The van der Waals surface area contributed by atoms with E-state index in [4.69, 9.17) is 19.9 Å². The first-order valence-corrected chi connectivity index (χ1v) is 14.3. The van der Waals surface area contributed by atoms with Gasteiger partial charge in [0.05, 0.1) is 25.7 Å². The summed E-state index contributed by atoms with van der Waals surface area (Å²) in [6.07, 6.45) is -1.81. The lowest BCUT2D eigenvalue weighted by atomic mass is 9.64. The number of hydrogen-bond donors (Lipinski definition) is 4. The zero-order valence-corrected chi connectivity index (χ0v) is 24.3. The molecule has 0 radical (unpaired) electrons. The minimum Gasteiger partial charge on any atom is -0.497 e.